The number of anilines is 2. The Labute approximate surface area is 137 Å². The molecule has 1 amide bonds. The fraction of sp³-hybridized carbons (Fsp3) is 0.278. The number of carbonyl (C=O) groups excluding carboxylic acids is 1. The number of para-hydroxylation sites is 1. The second kappa shape index (κ2) is 5.78. The highest BCUT2D eigenvalue weighted by atomic mass is 19.1. The summed E-state index contributed by atoms with van der Waals surface area (Å²) in [5.74, 6) is -0.466. The summed E-state index contributed by atoms with van der Waals surface area (Å²) in [6.45, 7) is 0.00154. The maximum atomic E-state index is 13.3. The van der Waals surface area contributed by atoms with Crippen molar-refractivity contribution < 1.29 is 18.3 Å². The van der Waals surface area contributed by atoms with E-state index in [-0.39, 0.29) is 24.5 Å². The summed E-state index contributed by atoms with van der Waals surface area (Å²) < 4.78 is 32.1. The summed E-state index contributed by atoms with van der Waals surface area (Å²) in [5, 5.41) is 6.16. The molecule has 0 spiro atoms. The summed E-state index contributed by atoms with van der Waals surface area (Å²) in [7, 11) is 0. The van der Waals surface area contributed by atoms with Crippen molar-refractivity contribution in [1.82, 2.24) is 0 Å². The molecule has 1 aliphatic carbocycles. The highest BCUT2D eigenvalue weighted by Crippen LogP contribution is 2.42. The van der Waals surface area contributed by atoms with Gasteiger partial charge in [-0.3, -0.25) is 4.79 Å². The third-order valence-corrected chi connectivity index (χ3v) is 4.49. The highest BCUT2D eigenvalue weighted by molar-refractivity contribution is 5.97. The number of rotatable bonds is 3. The van der Waals surface area contributed by atoms with Gasteiger partial charge in [0.1, 0.15) is 11.6 Å². The first-order chi connectivity index (χ1) is 11.6. The van der Waals surface area contributed by atoms with Gasteiger partial charge >= 0.3 is 0 Å². The van der Waals surface area contributed by atoms with Crippen LogP contribution in [0, 0.1) is 11.6 Å². The van der Waals surface area contributed by atoms with Crippen LogP contribution in [0.15, 0.2) is 36.4 Å². The molecule has 2 aromatic carbocycles. The normalized spacial score (nSPS) is 22.0. The molecule has 1 heterocycles. The Bertz CT molecular complexity index is 783. The predicted molar refractivity (Wildman–Crippen MR) is 86.3 cm³/mol. The number of halogens is 2. The molecule has 2 aliphatic rings. The zero-order chi connectivity index (χ0) is 16.7. The van der Waals surface area contributed by atoms with Crippen LogP contribution in [0.2, 0.25) is 0 Å². The van der Waals surface area contributed by atoms with Crippen LogP contribution in [0.3, 0.4) is 0 Å². The number of fused-ring (bicyclic) bond motifs is 1. The number of hydrogen-bond acceptors (Lipinski definition) is 3. The van der Waals surface area contributed by atoms with E-state index in [1.807, 2.05) is 12.1 Å². The first-order valence-electron chi connectivity index (χ1n) is 7.86. The fourth-order valence-corrected chi connectivity index (χ4v) is 3.27. The van der Waals surface area contributed by atoms with E-state index < -0.39 is 11.6 Å². The second-order valence-electron chi connectivity index (χ2n) is 6.23. The molecule has 0 saturated heterocycles. The van der Waals surface area contributed by atoms with Crippen molar-refractivity contribution in [2.45, 2.75) is 24.8 Å². The Hall–Kier alpha value is -2.63. The second-order valence-corrected chi connectivity index (χ2v) is 6.23. The molecule has 124 valence electrons. The molecule has 4 nitrogen and oxygen atoms in total. The van der Waals surface area contributed by atoms with Crippen LogP contribution >= 0.6 is 0 Å². The van der Waals surface area contributed by atoms with Gasteiger partial charge in [0.2, 0.25) is 0 Å². The molecule has 1 fully saturated rings. The van der Waals surface area contributed by atoms with Gasteiger partial charge in [0.15, 0.2) is 12.4 Å². The molecule has 0 radical (unpaired) electrons. The van der Waals surface area contributed by atoms with Gasteiger partial charge in [-0.1, -0.05) is 6.07 Å². The number of amides is 1. The van der Waals surface area contributed by atoms with Gasteiger partial charge in [-0.15, -0.1) is 0 Å². The molecule has 1 saturated carbocycles. The molecular weight excluding hydrogens is 314 g/mol. The Kier molecular flexibility index (Phi) is 3.59. The smallest absolute Gasteiger partial charge is 0.262 e. The van der Waals surface area contributed by atoms with Gasteiger partial charge in [-0.2, -0.15) is 0 Å². The zero-order valence-electron chi connectivity index (χ0n) is 12.8. The maximum Gasteiger partial charge on any atom is 0.262 e. The van der Waals surface area contributed by atoms with E-state index >= 15 is 0 Å². The summed E-state index contributed by atoms with van der Waals surface area (Å²) in [5.41, 5.74) is 2.17. The Morgan fingerprint density at radius 2 is 1.88 bits per heavy atom. The number of benzene rings is 2. The van der Waals surface area contributed by atoms with E-state index in [1.165, 1.54) is 12.1 Å². The van der Waals surface area contributed by atoms with Gasteiger partial charge in [0, 0.05) is 12.1 Å². The van der Waals surface area contributed by atoms with Crippen LogP contribution < -0.4 is 15.4 Å². The largest absolute Gasteiger partial charge is 0.479 e. The molecule has 0 bridgehead atoms. The van der Waals surface area contributed by atoms with Crippen molar-refractivity contribution in [2.75, 3.05) is 17.2 Å². The summed E-state index contributed by atoms with van der Waals surface area (Å²) in [6.07, 6.45) is 1.58. The number of ether oxygens (including phenoxy) is 1. The minimum absolute atomic E-state index is 0.00154. The lowest BCUT2D eigenvalue weighted by molar-refractivity contribution is -0.118. The topological polar surface area (TPSA) is 50.4 Å². The maximum absolute atomic E-state index is 13.3. The van der Waals surface area contributed by atoms with E-state index in [9.17, 15) is 13.6 Å². The molecule has 1 aliphatic heterocycles. The van der Waals surface area contributed by atoms with Crippen molar-refractivity contribution in [1.29, 1.82) is 0 Å². The van der Waals surface area contributed by atoms with Crippen LogP contribution in [0.4, 0.5) is 20.2 Å². The average Bonchev–Trinajstić information content (AvgIpc) is 2.49. The highest BCUT2D eigenvalue weighted by Gasteiger charge is 2.32. The van der Waals surface area contributed by atoms with Crippen molar-refractivity contribution in [3.63, 3.8) is 0 Å². The van der Waals surface area contributed by atoms with Gasteiger partial charge in [-0.25, -0.2) is 8.78 Å². The minimum atomic E-state index is -0.539. The van der Waals surface area contributed by atoms with E-state index in [0.29, 0.717) is 17.0 Å². The quantitative estimate of drug-likeness (QED) is 0.903. The zero-order valence-corrected chi connectivity index (χ0v) is 12.8. The van der Waals surface area contributed by atoms with Crippen LogP contribution in [-0.2, 0) is 4.79 Å². The van der Waals surface area contributed by atoms with Gasteiger partial charge in [0.05, 0.1) is 11.4 Å². The van der Waals surface area contributed by atoms with Crippen LogP contribution in [0.5, 0.6) is 5.75 Å². The monoisotopic (exact) mass is 330 g/mol. The molecule has 0 aromatic heterocycles. The number of hydrogen-bond donors (Lipinski definition) is 2. The van der Waals surface area contributed by atoms with Crippen LogP contribution in [0.1, 0.15) is 24.3 Å². The lowest BCUT2D eigenvalue weighted by atomic mass is 9.75. The lowest BCUT2D eigenvalue weighted by Gasteiger charge is -2.37. The summed E-state index contributed by atoms with van der Waals surface area (Å²) in [4.78, 5) is 11.4. The third-order valence-electron chi connectivity index (χ3n) is 4.49. The van der Waals surface area contributed by atoms with E-state index in [2.05, 4.69) is 10.6 Å². The Balaban J connectivity index is 1.44. The molecule has 6 heteroatoms. The number of carbonyl (C=O) groups is 1. The van der Waals surface area contributed by atoms with Crippen molar-refractivity contribution in [3.8, 4) is 5.75 Å². The van der Waals surface area contributed by atoms with Gasteiger partial charge in [0.25, 0.3) is 5.91 Å². The fourth-order valence-electron chi connectivity index (χ4n) is 3.27. The molecule has 0 atom stereocenters. The Morgan fingerprint density at radius 1 is 1.12 bits per heavy atom. The predicted octanol–water partition coefficient (Wildman–Crippen LogP) is 3.65. The van der Waals surface area contributed by atoms with Crippen molar-refractivity contribution in [2.24, 2.45) is 0 Å². The third kappa shape index (κ3) is 2.79. The summed E-state index contributed by atoms with van der Waals surface area (Å²) in [6, 6.07) is 9.41. The molecule has 24 heavy (non-hydrogen) atoms. The molecule has 0 unspecified atom stereocenters. The van der Waals surface area contributed by atoms with E-state index in [1.54, 1.807) is 6.07 Å². The lowest BCUT2D eigenvalue weighted by Crippen LogP contribution is -2.34. The van der Waals surface area contributed by atoms with Crippen LogP contribution in [-0.4, -0.2) is 18.6 Å². The Morgan fingerprint density at radius 3 is 2.62 bits per heavy atom. The minimum Gasteiger partial charge on any atom is -0.479 e. The van der Waals surface area contributed by atoms with E-state index in [4.69, 9.17) is 4.74 Å². The van der Waals surface area contributed by atoms with Crippen molar-refractivity contribution >= 4 is 17.3 Å². The number of nitrogens with one attached hydrogen (secondary N) is 2. The van der Waals surface area contributed by atoms with Gasteiger partial charge in [-0.05, 0) is 48.6 Å². The standard InChI is InChI=1S/C18H16F2N2O2/c19-12-4-10(5-13(20)8-12)11-6-14(7-11)21-15-2-1-3-16-18(15)24-9-17(23)22-16/h1-5,8,11,14,21H,6-7,9H2,(H,22,23). The van der Waals surface area contributed by atoms with Crippen LogP contribution in [0.25, 0.3) is 0 Å². The molecule has 2 aromatic rings. The first-order valence-corrected chi connectivity index (χ1v) is 7.86. The first kappa shape index (κ1) is 14.9. The van der Waals surface area contributed by atoms with Crippen molar-refractivity contribution in [3.05, 3.63) is 53.6 Å². The average molecular weight is 330 g/mol. The van der Waals surface area contributed by atoms with Gasteiger partial charge < -0.3 is 15.4 Å². The SMILES string of the molecule is O=C1COc2c(cccc2NC2CC(c3cc(F)cc(F)c3)C2)N1. The molecule has 2 N–H and O–H groups in total. The van der Waals surface area contributed by atoms with E-state index in [0.717, 1.165) is 24.6 Å². The summed E-state index contributed by atoms with van der Waals surface area (Å²) >= 11 is 0. The molecular formula is C18H16F2N2O2. The molecule has 4 rings (SSSR count).